The van der Waals surface area contributed by atoms with Crippen LogP contribution in [0.3, 0.4) is 0 Å². The molecule has 4 rings (SSSR count). The first-order chi connectivity index (χ1) is 16.6. The second-order valence-electron chi connectivity index (χ2n) is 7.62. The van der Waals surface area contributed by atoms with Gasteiger partial charge in [0.15, 0.2) is 0 Å². The summed E-state index contributed by atoms with van der Waals surface area (Å²) < 4.78 is 13.0. The monoisotopic (exact) mass is 458 g/mol. The minimum absolute atomic E-state index is 0.0934. The Labute approximate surface area is 195 Å². The first-order valence-corrected chi connectivity index (χ1v) is 10.8. The zero-order valence-electron chi connectivity index (χ0n) is 18.3. The topological polar surface area (TPSA) is 102 Å². The van der Waals surface area contributed by atoms with Gasteiger partial charge in [-0.1, -0.05) is 42.5 Å². The van der Waals surface area contributed by atoms with Gasteiger partial charge in [-0.3, -0.25) is 9.59 Å². The SMILES string of the molecule is O=C(CCCn1nnc(-c2ccccc2)n1)NCc1cccc(NC(=O)c2ccc(F)cc2)c1. The molecule has 2 N–H and O–H groups in total. The van der Waals surface area contributed by atoms with Gasteiger partial charge < -0.3 is 10.6 Å². The summed E-state index contributed by atoms with van der Waals surface area (Å²) in [7, 11) is 0. The third-order valence-corrected chi connectivity index (χ3v) is 5.03. The smallest absolute Gasteiger partial charge is 0.255 e. The number of halogens is 1. The number of amides is 2. The lowest BCUT2D eigenvalue weighted by molar-refractivity contribution is -0.121. The van der Waals surface area contributed by atoms with Crippen LogP contribution in [0.5, 0.6) is 0 Å². The zero-order chi connectivity index (χ0) is 23.8. The molecule has 2 amide bonds. The number of nitrogens with one attached hydrogen (secondary N) is 2. The summed E-state index contributed by atoms with van der Waals surface area (Å²) >= 11 is 0. The number of aryl methyl sites for hydroxylation is 1. The van der Waals surface area contributed by atoms with Gasteiger partial charge in [-0.05, 0) is 53.6 Å². The van der Waals surface area contributed by atoms with Gasteiger partial charge in [-0.2, -0.15) is 4.80 Å². The molecule has 0 atom stereocenters. The van der Waals surface area contributed by atoms with Crippen molar-refractivity contribution in [3.63, 3.8) is 0 Å². The molecule has 8 nitrogen and oxygen atoms in total. The highest BCUT2D eigenvalue weighted by atomic mass is 19.1. The van der Waals surface area contributed by atoms with Crippen molar-refractivity contribution in [3.05, 3.63) is 95.8 Å². The lowest BCUT2D eigenvalue weighted by Crippen LogP contribution is -2.23. The summed E-state index contributed by atoms with van der Waals surface area (Å²) in [5, 5.41) is 18.1. The van der Waals surface area contributed by atoms with E-state index in [1.807, 2.05) is 36.4 Å². The van der Waals surface area contributed by atoms with Crippen molar-refractivity contribution in [1.82, 2.24) is 25.5 Å². The number of tetrazole rings is 1. The average molecular weight is 458 g/mol. The van der Waals surface area contributed by atoms with Crippen LogP contribution in [0.15, 0.2) is 78.9 Å². The van der Waals surface area contributed by atoms with Gasteiger partial charge >= 0.3 is 0 Å². The quantitative estimate of drug-likeness (QED) is 0.397. The standard InChI is InChI=1S/C25H23FN6O2/c26-21-13-11-20(12-14-21)25(34)28-22-9-4-6-18(16-22)17-27-23(33)10-5-15-32-30-24(29-31-32)19-7-2-1-3-8-19/h1-4,6-9,11-14,16H,5,10,15,17H2,(H,27,33)(H,28,34). The van der Waals surface area contributed by atoms with Crippen LogP contribution >= 0.6 is 0 Å². The summed E-state index contributed by atoms with van der Waals surface area (Å²) in [6.45, 7) is 0.816. The Morgan fingerprint density at radius 2 is 1.74 bits per heavy atom. The molecule has 0 unspecified atom stereocenters. The Bertz CT molecular complexity index is 1260. The number of hydrogen-bond donors (Lipinski definition) is 2. The minimum Gasteiger partial charge on any atom is -0.352 e. The maximum absolute atomic E-state index is 13.0. The molecule has 34 heavy (non-hydrogen) atoms. The second-order valence-corrected chi connectivity index (χ2v) is 7.62. The van der Waals surface area contributed by atoms with Crippen LogP contribution < -0.4 is 10.6 Å². The van der Waals surface area contributed by atoms with Gasteiger partial charge in [-0.15, -0.1) is 10.2 Å². The molecule has 9 heteroatoms. The van der Waals surface area contributed by atoms with Crippen molar-refractivity contribution in [2.24, 2.45) is 0 Å². The first-order valence-electron chi connectivity index (χ1n) is 10.8. The summed E-state index contributed by atoms with van der Waals surface area (Å²) in [6.07, 6.45) is 0.896. The van der Waals surface area contributed by atoms with E-state index in [2.05, 4.69) is 26.0 Å². The van der Waals surface area contributed by atoms with Crippen LogP contribution in [0.4, 0.5) is 10.1 Å². The van der Waals surface area contributed by atoms with Crippen LogP contribution in [0, 0.1) is 5.82 Å². The van der Waals surface area contributed by atoms with Crippen molar-refractivity contribution < 1.29 is 14.0 Å². The van der Waals surface area contributed by atoms with Crippen molar-refractivity contribution in [2.75, 3.05) is 5.32 Å². The predicted molar refractivity (Wildman–Crippen MR) is 125 cm³/mol. The van der Waals surface area contributed by atoms with E-state index < -0.39 is 5.82 Å². The number of hydrogen-bond acceptors (Lipinski definition) is 5. The lowest BCUT2D eigenvalue weighted by atomic mass is 10.1. The van der Waals surface area contributed by atoms with Crippen LogP contribution in [0.1, 0.15) is 28.8 Å². The summed E-state index contributed by atoms with van der Waals surface area (Å²) in [4.78, 5) is 26.0. The van der Waals surface area contributed by atoms with E-state index in [4.69, 9.17) is 0 Å². The number of benzene rings is 3. The summed E-state index contributed by atoms with van der Waals surface area (Å²) in [6, 6.07) is 22.1. The fourth-order valence-electron chi connectivity index (χ4n) is 3.27. The van der Waals surface area contributed by atoms with Crippen LogP contribution in [-0.2, 0) is 17.9 Å². The Hall–Kier alpha value is -4.40. The number of carbonyl (C=O) groups excluding carboxylic acids is 2. The Morgan fingerprint density at radius 1 is 0.941 bits per heavy atom. The number of nitrogens with zero attached hydrogens (tertiary/aromatic N) is 4. The molecule has 0 fully saturated rings. The molecule has 4 aromatic rings. The van der Waals surface area contributed by atoms with E-state index >= 15 is 0 Å². The van der Waals surface area contributed by atoms with E-state index in [9.17, 15) is 14.0 Å². The fraction of sp³-hybridized carbons (Fsp3) is 0.160. The highest BCUT2D eigenvalue weighted by Gasteiger charge is 2.09. The number of rotatable bonds is 9. The Kier molecular flexibility index (Phi) is 7.34. The molecule has 0 saturated heterocycles. The molecule has 3 aromatic carbocycles. The van der Waals surface area contributed by atoms with Gasteiger partial charge in [0.1, 0.15) is 5.82 Å². The molecule has 0 aliphatic heterocycles. The molecule has 172 valence electrons. The molecule has 0 spiro atoms. The number of anilines is 1. The van der Waals surface area contributed by atoms with Crippen molar-refractivity contribution in [2.45, 2.75) is 25.9 Å². The van der Waals surface area contributed by atoms with Crippen LogP contribution in [0.2, 0.25) is 0 Å². The molecule has 0 radical (unpaired) electrons. The van der Waals surface area contributed by atoms with Gasteiger partial charge in [-0.25, -0.2) is 4.39 Å². The number of aromatic nitrogens is 4. The maximum atomic E-state index is 13.0. The van der Waals surface area contributed by atoms with E-state index in [-0.39, 0.29) is 11.8 Å². The number of carbonyl (C=O) groups is 2. The largest absolute Gasteiger partial charge is 0.352 e. The summed E-state index contributed by atoms with van der Waals surface area (Å²) in [5.74, 6) is -0.275. The fourth-order valence-corrected chi connectivity index (χ4v) is 3.27. The molecule has 0 aliphatic carbocycles. The third-order valence-electron chi connectivity index (χ3n) is 5.03. The van der Waals surface area contributed by atoms with Gasteiger partial charge in [0.25, 0.3) is 5.91 Å². The highest BCUT2D eigenvalue weighted by molar-refractivity contribution is 6.04. The van der Waals surface area contributed by atoms with E-state index in [0.717, 1.165) is 11.1 Å². The first kappa shape index (κ1) is 22.8. The van der Waals surface area contributed by atoms with Gasteiger partial charge in [0, 0.05) is 29.8 Å². The Morgan fingerprint density at radius 3 is 2.53 bits per heavy atom. The van der Waals surface area contributed by atoms with Crippen molar-refractivity contribution in [3.8, 4) is 11.4 Å². The second kappa shape index (κ2) is 11.0. The molecular weight excluding hydrogens is 435 g/mol. The van der Waals surface area contributed by atoms with Gasteiger partial charge in [0.05, 0.1) is 6.54 Å². The maximum Gasteiger partial charge on any atom is 0.255 e. The molecule has 0 bridgehead atoms. The van der Waals surface area contributed by atoms with Crippen molar-refractivity contribution in [1.29, 1.82) is 0 Å². The van der Waals surface area contributed by atoms with E-state index in [1.54, 1.807) is 18.2 Å². The van der Waals surface area contributed by atoms with E-state index in [0.29, 0.717) is 43.0 Å². The van der Waals surface area contributed by atoms with Crippen molar-refractivity contribution >= 4 is 17.5 Å². The molecular formula is C25H23FN6O2. The molecule has 1 heterocycles. The molecule has 1 aromatic heterocycles. The normalized spacial score (nSPS) is 10.6. The predicted octanol–water partition coefficient (Wildman–Crippen LogP) is 3.83. The summed E-state index contributed by atoms with van der Waals surface area (Å²) in [5.41, 5.74) is 2.68. The Balaban J connectivity index is 1.21. The minimum atomic E-state index is -0.399. The highest BCUT2D eigenvalue weighted by Crippen LogP contribution is 2.14. The lowest BCUT2D eigenvalue weighted by Gasteiger charge is -2.09. The van der Waals surface area contributed by atoms with E-state index in [1.165, 1.54) is 29.1 Å². The molecule has 0 aliphatic rings. The molecule has 0 saturated carbocycles. The zero-order valence-corrected chi connectivity index (χ0v) is 18.3. The third kappa shape index (κ3) is 6.32. The van der Waals surface area contributed by atoms with Crippen LogP contribution in [-0.4, -0.2) is 32.0 Å². The van der Waals surface area contributed by atoms with Crippen LogP contribution in [0.25, 0.3) is 11.4 Å². The van der Waals surface area contributed by atoms with Gasteiger partial charge in [0.2, 0.25) is 11.7 Å². The average Bonchev–Trinajstić information content (AvgIpc) is 3.33.